The van der Waals surface area contributed by atoms with E-state index in [1.807, 2.05) is 31.2 Å². The Hall–Kier alpha value is -1.85. The molecule has 0 aliphatic rings. The van der Waals surface area contributed by atoms with Crippen LogP contribution in [0.2, 0.25) is 0 Å². The maximum atomic E-state index is 13.2. The van der Waals surface area contributed by atoms with Gasteiger partial charge in [0.2, 0.25) is 0 Å². The van der Waals surface area contributed by atoms with Crippen LogP contribution >= 0.6 is 0 Å². The van der Waals surface area contributed by atoms with Crippen molar-refractivity contribution >= 4 is 12.6 Å². The lowest BCUT2D eigenvalue weighted by molar-refractivity contribution is 0.305. The van der Waals surface area contributed by atoms with Crippen molar-refractivity contribution in [3.8, 4) is 5.75 Å². The van der Waals surface area contributed by atoms with E-state index in [9.17, 15) is 14.4 Å². The first-order valence-corrected chi connectivity index (χ1v) is 5.90. The van der Waals surface area contributed by atoms with E-state index in [4.69, 9.17) is 4.74 Å². The Labute approximate surface area is 111 Å². The van der Waals surface area contributed by atoms with Gasteiger partial charge in [0.1, 0.15) is 18.2 Å². The first-order chi connectivity index (χ1) is 9.06. The predicted molar refractivity (Wildman–Crippen MR) is 71.7 cm³/mol. The zero-order chi connectivity index (χ0) is 13.8. The van der Waals surface area contributed by atoms with Gasteiger partial charge in [0.25, 0.3) is 0 Å². The summed E-state index contributed by atoms with van der Waals surface area (Å²) in [5.41, 5.74) is 2.18. The zero-order valence-electron chi connectivity index (χ0n) is 10.5. The third-order valence-corrected chi connectivity index (χ3v) is 2.73. The Morgan fingerprint density at radius 2 is 1.95 bits per heavy atom. The Morgan fingerprint density at radius 1 is 1.16 bits per heavy atom. The van der Waals surface area contributed by atoms with Gasteiger partial charge in [-0.15, -0.1) is 0 Å². The van der Waals surface area contributed by atoms with Crippen LogP contribution in [0.25, 0.3) is 0 Å². The van der Waals surface area contributed by atoms with Gasteiger partial charge in [0, 0.05) is 11.5 Å². The van der Waals surface area contributed by atoms with Gasteiger partial charge in [-0.1, -0.05) is 35.9 Å². The van der Waals surface area contributed by atoms with Crippen LogP contribution in [0.1, 0.15) is 11.1 Å². The Balaban J connectivity index is 2.17. The summed E-state index contributed by atoms with van der Waals surface area (Å²) in [6, 6.07) is 11.3. The average Bonchev–Trinajstić information content (AvgIpc) is 2.36. The van der Waals surface area contributed by atoms with Crippen LogP contribution in [0.5, 0.6) is 5.75 Å². The molecule has 0 heterocycles. The van der Waals surface area contributed by atoms with Crippen LogP contribution in [0.15, 0.2) is 42.5 Å². The minimum atomic E-state index is -1.69. The molecule has 2 N–H and O–H groups in total. The standard InChI is InChI=1S/C14H14BFO3/c1-10-3-2-4-11(7-10)9-19-14-8-12(16)5-6-13(14)15(17)18/h2-8,17-18H,9H2,1H3. The van der Waals surface area contributed by atoms with Crippen LogP contribution in [0, 0.1) is 12.7 Å². The van der Waals surface area contributed by atoms with Gasteiger partial charge in [0.05, 0.1) is 0 Å². The molecule has 0 amide bonds. The van der Waals surface area contributed by atoms with E-state index in [-0.39, 0.29) is 17.8 Å². The molecule has 2 aromatic rings. The fraction of sp³-hybridized carbons (Fsp3) is 0.143. The topological polar surface area (TPSA) is 49.7 Å². The maximum absolute atomic E-state index is 13.2. The van der Waals surface area contributed by atoms with E-state index >= 15 is 0 Å². The predicted octanol–water partition coefficient (Wildman–Crippen LogP) is 1.39. The Morgan fingerprint density at radius 3 is 2.63 bits per heavy atom. The SMILES string of the molecule is Cc1cccc(COc2cc(F)ccc2B(O)O)c1. The lowest BCUT2D eigenvalue weighted by atomic mass is 9.79. The molecule has 0 spiro atoms. The molecular formula is C14H14BFO3. The van der Waals surface area contributed by atoms with Gasteiger partial charge in [0.15, 0.2) is 0 Å². The zero-order valence-corrected chi connectivity index (χ0v) is 10.5. The van der Waals surface area contributed by atoms with Crippen molar-refractivity contribution in [3.63, 3.8) is 0 Å². The molecule has 0 saturated carbocycles. The molecule has 0 aliphatic heterocycles. The van der Waals surface area contributed by atoms with Crippen LogP contribution in [-0.2, 0) is 6.61 Å². The second kappa shape index (κ2) is 5.86. The molecule has 0 radical (unpaired) electrons. The van der Waals surface area contributed by atoms with Crippen molar-refractivity contribution in [3.05, 3.63) is 59.4 Å². The molecule has 98 valence electrons. The largest absolute Gasteiger partial charge is 0.492 e. The van der Waals surface area contributed by atoms with Gasteiger partial charge in [-0.25, -0.2) is 4.39 Å². The van der Waals surface area contributed by atoms with Crippen molar-refractivity contribution in [2.45, 2.75) is 13.5 Å². The molecule has 0 bridgehead atoms. The summed E-state index contributed by atoms with van der Waals surface area (Å²) in [5, 5.41) is 18.4. The van der Waals surface area contributed by atoms with Gasteiger partial charge in [-0.2, -0.15) is 0 Å². The smallest absolute Gasteiger partial charge is 0.489 e. The normalized spacial score (nSPS) is 10.3. The highest BCUT2D eigenvalue weighted by Crippen LogP contribution is 2.13. The van der Waals surface area contributed by atoms with E-state index in [1.165, 1.54) is 6.07 Å². The quantitative estimate of drug-likeness (QED) is 0.817. The van der Waals surface area contributed by atoms with Gasteiger partial charge >= 0.3 is 7.12 Å². The van der Waals surface area contributed by atoms with Crippen LogP contribution in [-0.4, -0.2) is 17.2 Å². The van der Waals surface area contributed by atoms with E-state index in [1.54, 1.807) is 0 Å². The maximum Gasteiger partial charge on any atom is 0.492 e. The minimum absolute atomic E-state index is 0.136. The number of rotatable bonds is 4. The molecule has 0 fully saturated rings. The summed E-state index contributed by atoms with van der Waals surface area (Å²) in [5.74, 6) is -0.347. The second-order valence-electron chi connectivity index (χ2n) is 4.33. The Bertz CT molecular complexity index is 572. The summed E-state index contributed by atoms with van der Waals surface area (Å²) < 4.78 is 18.6. The fourth-order valence-electron chi connectivity index (χ4n) is 1.81. The van der Waals surface area contributed by atoms with Crippen LogP contribution < -0.4 is 10.2 Å². The number of benzene rings is 2. The lowest BCUT2D eigenvalue weighted by Crippen LogP contribution is -2.31. The van der Waals surface area contributed by atoms with E-state index in [0.717, 1.165) is 23.3 Å². The molecule has 5 heteroatoms. The molecule has 0 aliphatic carbocycles. The lowest BCUT2D eigenvalue weighted by Gasteiger charge is -2.11. The van der Waals surface area contributed by atoms with Crippen LogP contribution in [0.3, 0.4) is 0 Å². The van der Waals surface area contributed by atoms with E-state index in [0.29, 0.717) is 0 Å². The number of aryl methyl sites for hydroxylation is 1. The van der Waals surface area contributed by atoms with Crippen molar-refractivity contribution < 1.29 is 19.2 Å². The Kier molecular flexibility index (Phi) is 4.19. The molecule has 2 rings (SSSR count). The molecule has 3 nitrogen and oxygen atoms in total. The third kappa shape index (κ3) is 3.56. The summed E-state index contributed by atoms with van der Waals surface area (Å²) in [6.07, 6.45) is 0. The molecule has 0 atom stereocenters. The molecular weight excluding hydrogens is 246 g/mol. The van der Waals surface area contributed by atoms with Gasteiger partial charge in [-0.3, -0.25) is 0 Å². The van der Waals surface area contributed by atoms with Crippen molar-refractivity contribution in [2.24, 2.45) is 0 Å². The fourth-order valence-corrected chi connectivity index (χ4v) is 1.81. The van der Waals surface area contributed by atoms with E-state index in [2.05, 4.69) is 0 Å². The summed E-state index contributed by atoms with van der Waals surface area (Å²) in [4.78, 5) is 0. The highest BCUT2D eigenvalue weighted by Gasteiger charge is 2.17. The number of halogens is 1. The highest BCUT2D eigenvalue weighted by atomic mass is 19.1. The summed E-state index contributed by atoms with van der Waals surface area (Å²) >= 11 is 0. The monoisotopic (exact) mass is 260 g/mol. The first kappa shape index (κ1) is 13.6. The summed E-state index contributed by atoms with van der Waals surface area (Å²) in [6.45, 7) is 2.21. The number of hydrogen-bond acceptors (Lipinski definition) is 3. The van der Waals surface area contributed by atoms with Gasteiger partial charge < -0.3 is 14.8 Å². The average molecular weight is 260 g/mol. The number of hydrogen-bond donors (Lipinski definition) is 2. The minimum Gasteiger partial charge on any atom is -0.489 e. The van der Waals surface area contributed by atoms with Crippen molar-refractivity contribution in [2.75, 3.05) is 0 Å². The molecule has 19 heavy (non-hydrogen) atoms. The summed E-state index contributed by atoms with van der Waals surface area (Å²) in [7, 11) is -1.69. The third-order valence-electron chi connectivity index (χ3n) is 2.73. The van der Waals surface area contributed by atoms with E-state index < -0.39 is 12.9 Å². The second-order valence-corrected chi connectivity index (χ2v) is 4.33. The first-order valence-electron chi connectivity index (χ1n) is 5.90. The molecule has 0 saturated heterocycles. The molecule has 0 aromatic heterocycles. The highest BCUT2D eigenvalue weighted by molar-refractivity contribution is 6.59. The number of ether oxygens (including phenoxy) is 1. The van der Waals surface area contributed by atoms with Crippen molar-refractivity contribution in [1.29, 1.82) is 0 Å². The molecule has 2 aromatic carbocycles. The van der Waals surface area contributed by atoms with Crippen molar-refractivity contribution in [1.82, 2.24) is 0 Å². The van der Waals surface area contributed by atoms with Gasteiger partial charge in [-0.05, 0) is 18.6 Å². The molecule has 0 unspecified atom stereocenters. The van der Waals surface area contributed by atoms with Crippen LogP contribution in [0.4, 0.5) is 4.39 Å².